The van der Waals surface area contributed by atoms with Crippen LogP contribution in [0.2, 0.25) is 0 Å². The Bertz CT molecular complexity index is 210. The Morgan fingerprint density at radius 1 is 0.941 bits per heavy atom. The SMILES string of the molecule is CCC[C@]1(OC)CC[C@@H](C2CCCCC2)CC1. The van der Waals surface area contributed by atoms with Crippen molar-refractivity contribution in [3.63, 3.8) is 0 Å². The van der Waals surface area contributed by atoms with Crippen molar-refractivity contribution in [2.24, 2.45) is 11.8 Å². The van der Waals surface area contributed by atoms with E-state index in [0.29, 0.717) is 0 Å². The van der Waals surface area contributed by atoms with Gasteiger partial charge in [-0.25, -0.2) is 0 Å². The molecule has 0 spiro atoms. The minimum atomic E-state index is 0.250. The molecule has 0 aliphatic heterocycles. The third-order valence-electron chi connectivity index (χ3n) is 5.40. The molecule has 0 unspecified atom stereocenters. The molecule has 0 aromatic heterocycles. The zero-order chi connectivity index (χ0) is 12.1. The van der Waals surface area contributed by atoms with Crippen LogP contribution in [0.3, 0.4) is 0 Å². The monoisotopic (exact) mass is 238 g/mol. The summed E-state index contributed by atoms with van der Waals surface area (Å²) < 4.78 is 5.85. The summed E-state index contributed by atoms with van der Waals surface area (Å²) in [5, 5.41) is 0. The van der Waals surface area contributed by atoms with Crippen LogP contribution in [0.4, 0.5) is 0 Å². The smallest absolute Gasteiger partial charge is 0.0678 e. The van der Waals surface area contributed by atoms with Gasteiger partial charge in [0.05, 0.1) is 5.60 Å². The van der Waals surface area contributed by atoms with E-state index < -0.39 is 0 Å². The second-order valence-corrected chi connectivity index (χ2v) is 6.37. The minimum absolute atomic E-state index is 0.250. The molecule has 0 aromatic carbocycles. The number of rotatable bonds is 4. The first kappa shape index (κ1) is 13.4. The van der Waals surface area contributed by atoms with Gasteiger partial charge in [0, 0.05) is 7.11 Å². The molecule has 0 N–H and O–H groups in total. The van der Waals surface area contributed by atoms with Crippen LogP contribution in [0.15, 0.2) is 0 Å². The van der Waals surface area contributed by atoms with Gasteiger partial charge >= 0.3 is 0 Å². The van der Waals surface area contributed by atoms with Crippen LogP contribution in [0.1, 0.15) is 77.6 Å². The summed E-state index contributed by atoms with van der Waals surface area (Å²) in [4.78, 5) is 0. The van der Waals surface area contributed by atoms with Crippen LogP contribution in [0.5, 0.6) is 0 Å². The molecule has 0 atom stereocenters. The Morgan fingerprint density at radius 2 is 1.53 bits per heavy atom. The Hall–Kier alpha value is -0.0400. The molecule has 2 rings (SSSR count). The Kier molecular flexibility index (Phi) is 4.90. The zero-order valence-electron chi connectivity index (χ0n) is 11.8. The summed E-state index contributed by atoms with van der Waals surface area (Å²) >= 11 is 0. The van der Waals surface area contributed by atoms with Crippen LogP contribution in [-0.4, -0.2) is 12.7 Å². The first-order valence-corrected chi connectivity index (χ1v) is 7.85. The van der Waals surface area contributed by atoms with Crippen LogP contribution in [-0.2, 0) is 4.74 Å². The second kappa shape index (κ2) is 6.22. The standard InChI is InChI=1S/C16H30O/c1-3-11-16(17-2)12-9-15(10-13-16)14-7-5-4-6-8-14/h14-15H,3-13H2,1-2H3/t15-,16+. The van der Waals surface area contributed by atoms with Gasteiger partial charge in [0.25, 0.3) is 0 Å². The molecule has 2 saturated carbocycles. The molecule has 1 nitrogen and oxygen atoms in total. The highest BCUT2D eigenvalue weighted by Gasteiger charge is 2.37. The van der Waals surface area contributed by atoms with E-state index in [0.717, 1.165) is 11.8 Å². The molecule has 0 aromatic rings. The van der Waals surface area contributed by atoms with E-state index in [1.807, 2.05) is 7.11 Å². The Labute approximate surface area is 107 Å². The summed E-state index contributed by atoms with van der Waals surface area (Å²) in [6.45, 7) is 2.29. The Morgan fingerprint density at radius 3 is 2.06 bits per heavy atom. The van der Waals surface area contributed by atoms with Crippen molar-refractivity contribution in [1.29, 1.82) is 0 Å². The maximum absolute atomic E-state index is 5.85. The lowest BCUT2D eigenvalue weighted by atomic mass is 9.69. The van der Waals surface area contributed by atoms with Gasteiger partial charge in [0.15, 0.2) is 0 Å². The second-order valence-electron chi connectivity index (χ2n) is 6.37. The van der Waals surface area contributed by atoms with Crippen LogP contribution < -0.4 is 0 Å². The van der Waals surface area contributed by atoms with Crippen molar-refractivity contribution in [1.82, 2.24) is 0 Å². The van der Waals surface area contributed by atoms with Gasteiger partial charge in [0.2, 0.25) is 0 Å². The lowest BCUT2D eigenvalue weighted by Crippen LogP contribution is -2.38. The largest absolute Gasteiger partial charge is 0.378 e. The average molecular weight is 238 g/mol. The highest BCUT2D eigenvalue weighted by Crippen LogP contribution is 2.43. The molecule has 0 radical (unpaired) electrons. The molecule has 0 saturated heterocycles. The van der Waals surface area contributed by atoms with E-state index in [9.17, 15) is 0 Å². The van der Waals surface area contributed by atoms with Gasteiger partial charge in [0.1, 0.15) is 0 Å². The van der Waals surface area contributed by atoms with Crippen molar-refractivity contribution < 1.29 is 4.74 Å². The fourth-order valence-electron chi connectivity index (χ4n) is 4.26. The quantitative estimate of drug-likeness (QED) is 0.674. The molecule has 0 amide bonds. The van der Waals surface area contributed by atoms with Gasteiger partial charge in [-0.05, 0) is 43.9 Å². The van der Waals surface area contributed by atoms with Gasteiger partial charge in [-0.3, -0.25) is 0 Å². The fourth-order valence-corrected chi connectivity index (χ4v) is 4.26. The summed E-state index contributed by atoms with van der Waals surface area (Å²) in [7, 11) is 1.93. The lowest BCUT2D eigenvalue weighted by Gasteiger charge is -2.42. The molecule has 17 heavy (non-hydrogen) atoms. The predicted molar refractivity (Wildman–Crippen MR) is 73.2 cm³/mol. The average Bonchev–Trinajstić information content (AvgIpc) is 2.41. The van der Waals surface area contributed by atoms with Crippen LogP contribution >= 0.6 is 0 Å². The molecule has 100 valence electrons. The van der Waals surface area contributed by atoms with Crippen molar-refractivity contribution in [3.05, 3.63) is 0 Å². The van der Waals surface area contributed by atoms with Gasteiger partial charge in [-0.1, -0.05) is 45.4 Å². The first-order chi connectivity index (χ1) is 8.29. The number of methoxy groups -OCH3 is 1. The molecule has 0 heterocycles. The molecule has 2 aliphatic carbocycles. The molecule has 1 heteroatoms. The maximum atomic E-state index is 5.85. The maximum Gasteiger partial charge on any atom is 0.0678 e. The van der Waals surface area contributed by atoms with Crippen molar-refractivity contribution in [2.75, 3.05) is 7.11 Å². The van der Waals surface area contributed by atoms with Crippen molar-refractivity contribution in [2.45, 2.75) is 83.2 Å². The molecule has 0 bridgehead atoms. The molecule has 2 aliphatic rings. The topological polar surface area (TPSA) is 9.23 Å². The molecular formula is C16H30O. The highest BCUT2D eigenvalue weighted by molar-refractivity contribution is 4.89. The van der Waals surface area contributed by atoms with E-state index in [4.69, 9.17) is 4.74 Å². The number of ether oxygens (including phenoxy) is 1. The van der Waals surface area contributed by atoms with Gasteiger partial charge in [-0.15, -0.1) is 0 Å². The van der Waals surface area contributed by atoms with E-state index >= 15 is 0 Å². The zero-order valence-corrected chi connectivity index (χ0v) is 11.8. The normalized spacial score (nSPS) is 36.0. The van der Waals surface area contributed by atoms with Gasteiger partial charge < -0.3 is 4.74 Å². The third-order valence-corrected chi connectivity index (χ3v) is 5.40. The molecular weight excluding hydrogens is 208 g/mol. The summed E-state index contributed by atoms with van der Waals surface area (Å²) in [6.07, 6.45) is 15.5. The summed E-state index contributed by atoms with van der Waals surface area (Å²) in [5.74, 6) is 2.08. The van der Waals surface area contributed by atoms with E-state index in [1.54, 1.807) is 0 Å². The van der Waals surface area contributed by atoms with Crippen LogP contribution in [0.25, 0.3) is 0 Å². The Balaban J connectivity index is 1.83. The van der Waals surface area contributed by atoms with E-state index in [2.05, 4.69) is 6.92 Å². The third kappa shape index (κ3) is 3.24. The lowest BCUT2D eigenvalue weighted by molar-refractivity contribution is -0.0622. The fraction of sp³-hybridized carbons (Fsp3) is 1.00. The number of hydrogen-bond donors (Lipinski definition) is 0. The van der Waals surface area contributed by atoms with Crippen molar-refractivity contribution >= 4 is 0 Å². The van der Waals surface area contributed by atoms with Crippen molar-refractivity contribution in [3.8, 4) is 0 Å². The predicted octanol–water partition coefficient (Wildman–Crippen LogP) is 4.94. The highest BCUT2D eigenvalue weighted by atomic mass is 16.5. The van der Waals surface area contributed by atoms with E-state index in [-0.39, 0.29) is 5.60 Å². The summed E-state index contributed by atoms with van der Waals surface area (Å²) in [5.41, 5.74) is 0.250. The summed E-state index contributed by atoms with van der Waals surface area (Å²) in [6, 6.07) is 0. The van der Waals surface area contributed by atoms with Gasteiger partial charge in [-0.2, -0.15) is 0 Å². The number of hydrogen-bond acceptors (Lipinski definition) is 1. The molecule has 2 fully saturated rings. The first-order valence-electron chi connectivity index (χ1n) is 7.85. The minimum Gasteiger partial charge on any atom is -0.378 e. The van der Waals surface area contributed by atoms with E-state index in [1.165, 1.54) is 70.6 Å². The van der Waals surface area contributed by atoms with Crippen LogP contribution in [0, 0.1) is 11.8 Å².